The summed E-state index contributed by atoms with van der Waals surface area (Å²) in [6, 6.07) is 12.9. The molecule has 136 valence electrons. The Balaban J connectivity index is 1.54. The molecule has 0 bridgehead atoms. The van der Waals surface area contributed by atoms with Gasteiger partial charge in [0.05, 0.1) is 16.6 Å². The second-order valence-electron chi connectivity index (χ2n) is 6.08. The molecule has 2 N–H and O–H groups in total. The van der Waals surface area contributed by atoms with Crippen LogP contribution < -0.4 is 15.5 Å². The van der Waals surface area contributed by atoms with Crippen LogP contribution in [0.1, 0.15) is 12.0 Å². The van der Waals surface area contributed by atoms with E-state index >= 15 is 0 Å². The Morgan fingerprint density at radius 2 is 1.92 bits per heavy atom. The lowest BCUT2D eigenvalue weighted by molar-refractivity contribution is -0.120. The second-order valence-corrected chi connectivity index (χ2v) is 6.86. The van der Waals surface area contributed by atoms with E-state index in [1.54, 1.807) is 6.07 Å². The quantitative estimate of drug-likeness (QED) is 0.819. The van der Waals surface area contributed by atoms with Crippen LogP contribution in [0.3, 0.4) is 0 Å². The van der Waals surface area contributed by atoms with Gasteiger partial charge in [0.2, 0.25) is 11.8 Å². The zero-order valence-corrected chi connectivity index (χ0v) is 15.6. The average Bonchev–Trinajstić information content (AvgIpc) is 2.63. The number of benzene rings is 2. The van der Waals surface area contributed by atoms with Crippen molar-refractivity contribution in [1.82, 2.24) is 5.32 Å². The van der Waals surface area contributed by atoms with E-state index in [2.05, 4.69) is 10.6 Å². The number of hydrogen-bond donors (Lipinski definition) is 2. The highest BCUT2D eigenvalue weighted by molar-refractivity contribution is 6.42. The minimum absolute atomic E-state index is 0.0216. The third kappa shape index (κ3) is 4.68. The number of rotatable bonds is 5. The van der Waals surface area contributed by atoms with Crippen LogP contribution >= 0.6 is 23.2 Å². The number of amides is 2. The monoisotopic (exact) mass is 391 g/mol. The Morgan fingerprint density at radius 1 is 1.15 bits per heavy atom. The molecular formula is C19H19Cl2N3O2. The molecule has 3 rings (SSSR count). The highest BCUT2D eigenvalue weighted by Crippen LogP contribution is 2.26. The first kappa shape index (κ1) is 18.5. The third-order valence-electron chi connectivity index (χ3n) is 4.21. The van der Waals surface area contributed by atoms with Gasteiger partial charge in [-0.05, 0) is 42.3 Å². The zero-order chi connectivity index (χ0) is 18.5. The highest BCUT2D eigenvalue weighted by atomic mass is 35.5. The second kappa shape index (κ2) is 8.43. The van der Waals surface area contributed by atoms with Crippen LogP contribution in [0.5, 0.6) is 0 Å². The SMILES string of the molecule is O=C1CN(c2ccc(NC(=O)CCc3cccc(Cl)c3Cl)cc2)CCN1. The summed E-state index contributed by atoms with van der Waals surface area (Å²) in [6.45, 7) is 1.77. The molecule has 0 aromatic heterocycles. The fourth-order valence-electron chi connectivity index (χ4n) is 2.83. The first-order valence-corrected chi connectivity index (χ1v) is 9.13. The Bertz CT molecular complexity index is 809. The number of carbonyl (C=O) groups excluding carboxylic acids is 2. The van der Waals surface area contributed by atoms with E-state index in [1.165, 1.54) is 0 Å². The van der Waals surface area contributed by atoms with E-state index in [9.17, 15) is 9.59 Å². The van der Waals surface area contributed by atoms with Gasteiger partial charge in [0, 0.05) is 30.9 Å². The number of anilines is 2. The van der Waals surface area contributed by atoms with Gasteiger partial charge < -0.3 is 15.5 Å². The number of carbonyl (C=O) groups is 2. The Hall–Kier alpha value is -2.24. The largest absolute Gasteiger partial charge is 0.360 e. The first-order valence-electron chi connectivity index (χ1n) is 8.37. The van der Waals surface area contributed by atoms with Gasteiger partial charge in [-0.15, -0.1) is 0 Å². The van der Waals surface area contributed by atoms with Crippen LogP contribution in [0.15, 0.2) is 42.5 Å². The van der Waals surface area contributed by atoms with E-state index in [4.69, 9.17) is 23.2 Å². The maximum atomic E-state index is 12.2. The number of piperazine rings is 1. The van der Waals surface area contributed by atoms with Gasteiger partial charge in [0.1, 0.15) is 0 Å². The Kier molecular flexibility index (Phi) is 6.01. The van der Waals surface area contributed by atoms with Crippen LogP contribution in [-0.2, 0) is 16.0 Å². The minimum atomic E-state index is -0.0915. The van der Waals surface area contributed by atoms with E-state index in [0.717, 1.165) is 23.5 Å². The molecular weight excluding hydrogens is 373 g/mol. The molecule has 0 aliphatic carbocycles. The number of hydrogen-bond acceptors (Lipinski definition) is 3. The van der Waals surface area contributed by atoms with Crippen molar-refractivity contribution in [1.29, 1.82) is 0 Å². The van der Waals surface area contributed by atoms with Gasteiger partial charge in [-0.1, -0.05) is 35.3 Å². The summed E-state index contributed by atoms with van der Waals surface area (Å²) in [5.41, 5.74) is 2.54. The lowest BCUT2D eigenvalue weighted by Crippen LogP contribution is -2.47. The van der Waals surface area contributed by atoms with E-state index in [0.29, 0.717) is 36.0 Å². The van der Waals surface area contributed by atoms with Crippen molar-refractivity contribution in [2.45, 2.75) is 12.8 Å². The average molecular weight is 392 g/mol. The van der Waals surface area contributed by atoms with Crippen LogP contribution in [-0.4, -0.2) is 31.4 Å². The molecule has 2 amide bonds. The lowest BCUT2D eigenvalue weighted by atomic mass is 10.1. The van der Waals surface area contributed by atoms with Crippen LogP contribution in [0.4, 0.5) is 11.4 Å². The zero-order valence-electron chi connectivity index (χ0n) is 14.1. The lowest BCUT2D eigenvalue weighted by Gasteiger charge is -2.28. The van der Waals surface area contributed by atoms with Crippen LogP contribution in [0.2, 0.25) is 10.0 Å². The Morgan fingerprint density at radius 3 is 2.65 bits per heavy atom. The summed E-state index contributed by atoms with van der Waals surface area (Å²) in [5, 5.41) is 6.66. The maximum absolute atomic E-state index is 12.2. The molecule has 0 atom stereocenters. The molecule has 1 heterocycles. The van der Waals surface area contributed by atoms with Crippen molar-refractivity contribution in [2.75, 3.05) is 29.9 Å². The summed E-state index contributed by atoms with van der Waals surface area (Å²) in [6.07, 6.45) is 0.834. The van der Waals surface area contributed by atoms with E-state index < -0.39 is 0 Å². The molecule has 0 unspecified atom stereocenters. The van der Waals surface area contributed by atoms with Crippen LogP contribution in [0.25, 0.3) is 0 Å². The molecule has 1 aliphatic heterocycles. The van der Waals surface area contributed by atoms with Crippen LogP contribution in [0, 0.1) is 0 Å². The van der Waals surface area contributed by atoms with Gasteiger partial charge >= 0.3 is 0 Å². The molecule has 26 heavy (non-hydrogen) atoms. The molecule has 0 saturated carbocycles. The topological polar surface area (TPSA) is 61.4 Å². The predicted molar refractivity (Wildman–Crippen MR) is 105 cm³/mol. The third-order valence-corrected chi connectivity index (χ3v) is 5.07. The number of nitrogens with one attached hydrogen (secondary N) is 2. The summed E-state index contributed by atoms with van der Waals surface area (Å²) in [7, 11) is 0. The summed E-state index contributed by atoms with van der Waals surface area (Å²) in [4.78, 5) is 25.6. The molecule has 7 heteroatoms. The van der Waals surface area contributed by atoms with Crippen molar-refractivity contribution in [3.63, 3.8) is 0 Å². The molecule has 2 aromatic carbocycles. The van der Waals surface area contributed by atoms with Gasteiger partial charge in [0.15, 0.2) is 0 Å². The smallest absolute Gasteiger partial charge is 0.239 e. The summed E-state index contributed by atoms with van der Waals surface area (Å²) >= 11 is 12.1. The molecule has 1 saturated heterocycles. The van der Waals surface area contributed by atoms with Crippen molar-refractivity contribution < 1.29 is 9.59 Å². The van der Waals surface area contributed by atoms with Crippen molar-refractivity contribution >= 4 is 46.4 Å². The number of aryl methyl sites for hydroxylation is 1. The van der Waals surface area contributed by atoms with E-state index in [-0.39, 0.29) is 11.8 Å². The number of nitrogens with zero attached hydrogens (tertiary/aromatic N) is 1. The fraction of sp³-hybridized carbons (Fsp3) is 0.263. The van der Waals surface area contributed by atoms with Gasteiger partial charge in [-0.25, -0.2) is 0 Å². The van der Waals surface area contributed by atoms with Gasteiger partial charge in [0.25, 0.3) is 0 Å². The number of halogens is 2. The van der Waals surface area contributed by atoms with Gasteiger partial charge in [-0.2, -0.15) is 0 Å². The van der Waals surface area contributed by atoms with Gasteiger partial charge in [-0.3, -0.25) is 9.59 Å². The summed E-state index contributed by atoms with van der Waals surface area (Å²) < 4.78 is 0. The first-order chi connectivity index (χ1) is 12.5. The van der Waals surface area contributed by atoms with Crippen molar-refractivity contribution in [2.24, 2.45) is 0 Å². The highest BCUT2D eigenvalue weighted by Gasteiger charge is 2.16. The molecule has 5 nitrogen and oxygen atoms in total. The molecule has 1 aliphatic rings. The van der Waals surface area contributed by atoms with E-state index in [1.807, 2.05) is 41.3 Å². The standard InChI is InChI=1S/C19H19Cl2N3O2/c20-16-3-1-2-13(19(16)21)4-9-17(25)23-14-5-7-15(8-6-14)24-11-10-22-18(26)12-24/h1-3,5-8H,4,9-12H2,(H,22,26)(H,23,25). The maximum Gasteiger partial charge on any atom is 0.239 e. The molecule has 0 spiro atoms. The molecule has 1 fully saturated rings. The predicted octanol–water partition coefficient (Wildman–Crippen LogP) is 3.50. The molecule has 2 aromatic rings. The fourth-order valence-corrected chi connectivity index (χ4v) is 3.24. The van der Waals surface area contributed by atoms with Crippen molar-refractivity contribution in [3.8, 4) is 0 Å². The van der Waals surface area contributed by atoms with Crippen molar-refractivity contribution in [3.05, 3.63) is 58.1 Å². The summed E-state index contributed by atoms with van der Waals surface area (Å²) in [5.74, 6) is -0.0700. The normalized spacial score (nSPS) is 14.1. The Labute approximate surface area is 162 Å². The molecule has 0 radical (unpaired) electrons. The minimum Gasteiger partial charge on any atom is -0.360 e.